The fraction of sp³-hybridized carbons (Fsp3) is 0.240. The van der Waals surface area contributed by atoms with Crippen molar-refractivity contribution in [1.82, 2.24) is 25.5 Å². The molecule has 0 saturated heterocycles. The number of nitrogens with one attached hydrogen (secondary N) is 2. The number of H-pyrrole nitrogens is 1. The van der Waals surface area contributed by atoms with Gasteiger partial charge in [-0.05, 0) is 49.4 Å². The molecule has 202 valence electrons. The number of halogens is 4. The summed E-state index contributed by atoms with van der Waals surface area (Å²) in [5, 5.41) is 19.7. The molecule has 10 nitrogen and oxygen atoms in total. The number of nitrogens with two attached hydrogens (primary N) is 1. The van der Waals surface area contributed by atoms with Crippen LogP contribution in [-0.2, 0) is 15.8 Å². The highest BCUT2D eigenvalue weighted by atomic mass is 19.4. The molecule has 0 aliphatic carbocycles. The van der Waals surface area contributed by atoms with E-state index in [9.17, 15) is 32.3 Å². The number of hydrogen-bond acceptors (Lipinski definition) is 7. The maximum Gasteiger partial charge on any atom is 0.424 e. The van der Waals surface area contributed by atoms with Crippen LogP contribution in [0.3, 0.4) is 0 Å². The van der Waals surface area contributed by atoms with Crippen molar-refractivity contribution in [1.29, 1.82) is 0 Å². The highest BCUT2D eigenvalue weighted by Crippen LogP contribution is 2.47. The van der Waals surface area contributed by atoms with Crippen molar-refractivity contribution in [3.63, 3.8) is 0 Å². The predicted octanol–water partition coefficient (Wildman–Crippen LogP) is 2.47. The van der Waals surface area contributed by atoms with Crippen LogP contribution in [0.5, 0.6) is 5.75 Å². The Bertz CT molecular complexity index is 1610. The van der Waals surface area contributed by atoms with Gasteiger partial charge in [0.05, 0.1) is 17.6 Å². The zero-order chi connectivity index (χ0) is 28.2. The summed E-state index contributed by atoms with van der Waals surface area (Å²) < 4.78 is 62.6. The van der Waals surface area contributed by atoms with Gasteiger partial charge in [0, 0.05) is 17.3 Å². The summed E-state index contributed by atoms with van der Waals surface area (Å²) in [6.45, 7) is -0.261. The normalized spacial score (nSPS) is 18.3. The Balaban J connectivity index is 1.61. The van der Waals surface area contributed by atoms with E-state index in [0.29, 0.717) is 0 Å². The van der Waals surface area contributed by atoms with Gasteiger partial charge in [0.15, 0.2) is 5.65 Å². The molecule has 1 unspecified atom stereocenters. The largest absolute Gasteiger partial charge is 0.489 e. The molecular formula is C25H20F4N6O4. The first-order chi connectivity index (χ1) is 18.3. The molecular weight excluding hydrogens is 524 g/mol. The summed E-state index contributed by atoms with van der Waals surface area (Å²) in [7, 11) is 0. The average molecular weight is 544 g/mol. The van der Waals surface area contributed by atoms with Crippen LogP contribution in [0.1, 0.15) is 28.7 Å². The van der Waals surface area contributed by atoms with E-state index >= 15 is 0 Å². The number of hydrogen-bond donors (Lipinski definition) is 4. The summed E-state index contributed by atoms with van der Waals surface area (Å²) >= 11 is 0. The second-order valence-electron chi connectivity index (χ2n) is 9.24. The lowest BCUT2D eigenvalue weighted by Crippen LogP contribution is -2.52. The number of aliphatic hydroxyl groups is 1. The Morgan fingerprint density at radius 3 is 2.62 bits per heavy atom. The van der Waals surface area contributed by atoms with Crippen LogP contribution >= 0.6 is 0 Å². The van der Waals surface area contributed by atoms with E-state index < -0.39 is 47.1 Å². The summed E-state index contributed by atoms with van der Waals surface area (Å²) in [4.78, 5) is 33.1. The van der Waals surface area contributed by atoms with Gasteiger partial charge in [0.1, 0.15) is 35.0 Å². The molecule has 1 aliphatic heterocycles. The Morgan fingerprint density at radius 2 is 1.95 bits per heavy atom. The van der Waals surface area contributed by atoms with Crippen LogP contribution in [0.4, 0.5) is 17.6 Å². The first-order valence-corrected chi connectivity index (χ1v) is 11.5. The van der Waals surface area contributed by atoms with Crippen LogP contribution in [0.2, 0.25) is 0 Å². The van der Waals surface area contributed by atoms with Crippen molar-refractivity contribution in [2.75, 3.05) is 13.2 Å². The molecule has 0 spiro atoms. The number of pyridine rings is 2. The van der Waals surface area contributed by atoms with Crippen molar-refractivity contribution in [2.24, 2.45) is 5.73 Å². The minimum absolute atomic E-state index is 0.0309. The topological polar surface area (TPSA) is 156 Å². The molecule has 5 rings (SSSR count). The summed E-state index contributed by atoms with van der Waals surface area (Å²) in [6.07, 6.45) is -3.92. The predicted molar refractivity (Wildman–Crippen MR) is 128 cm³/mol. The highest BCUT2D eigenvalue weighted by Gasteiger charge is 2.57. The van der Waals surface area contributed by atoms with E-state index in [1.807, 2.05) is 0 Å². The van der Waals surface area contributed by atoms with Gasteiger partial charge in [-0.25, -0.2) is 14.4 Å². The minimum Gasteiger partial charge on any atom is -0.489 e. The standard InChI is InChI=1S/C25H20F4N6O4/c1-23(22(30)37)11-39-19-15(23)9-16(33-17(19)12-4-6-13(26)7-5-12)24(38,25(27,28)29)10-32-21(36)18-14-3-2-8-31-20(14)35-34-18/h2-9,38H,10-11H2,1H3,(H2,30,37)(H,32,36)(H,31,34,35)/t23-,24?/m0/s1. The molecule has 39 heavy (non-hydrogen) atoms. The fourth-order valence-corrected chi connectivity index (χ4v) is 4.26. The van der Waals surface area contributed by atoms with E-state index in [4.69, 9.17) is 10.5 Å². The zero-order valence-corrected chi connectivity index (χ0v) is 20.1. The lowest BCUT2D eigenvalue weighted by molar-refractivity contribution is -0.265. The second-order valence-corrected chi connectivity index (χ2v) is 9.24. The molecule has 0 radical (unpaired) electrons. The number of ether oxygens (including phenoxy) is 1. The van der Waals surface area contributed by atoms with Gasteiger partial charge in [0.25, 0.3) is 5.91 Å². The third-order valence-corrected chi connectivity index (χ3v) is 6.69. The first-order valence-electron chi connectivity index (χ1n) is 11.5. The smallest absolute Gasteiger partial charge is 0.424 e. The fourth-order valence-electron chi connectivity index (χ4n) is 4.26. The van der Waals surface area contributed by atoms with Gasteiger partial charge >= 0.3 is 6.18 Å². The molecule has 0 fully saturated rings. The lowest BCUT2D eigenvalue weighted by Gasteiger charge is -2.31. The maximum absolute atomic E-state index is 14.5. The van der Waals surface area contributed by atoms with Crippen molar-refractivity contribution >= 4 is 22.8 Å². The van der Waals surface area contributed by atoms with Gasteiger partial charge in [-0.2, -0.15) is 18.3 Å². The summed E-state index contributed by atoms with van der Waals surface area (Å²) in [5.74, 6) is -2.51. The number of aromatic nitrogens is 4. The molecule has 5 N–H and O–H groups in total. The summed E-state index contributed by atoms with van der Waals surface area (Å²) in [5.41, 5.74) is -0.699. The third kappa shape index (κ3) is 4.22. The van der Waals surface area contributed by atoms with E-state index in [-0.39, 0.29) is 45.9 Å². The summed E-state index contributed by atoms with van der Waals surface area (Å²) in [6, 6.07) is 8.56. The minimum atomic E-state index is -5.35. The highest BCUT2D eigenvalue weighted by molar-refractivity contribution is 6.03. The zero-order valence-electron chi connectivity index (χ0n) is 20.1. The van der Waals surface area contributed by atoms with E-state index in [1.165, 1.54) is 37.4 Å². The number of aromatic amines is 1. The quantitative estimate of drug-likeness (QED) is 0.272. The Hall–Kier alpha value is -4.59. The monoisotopic (exact) mass is 544 g/mol. The third-order valence-electron chi connectivity index (χ3n) is 6.69. The molecule has 4 aromatic rings. The van der Waals surface area contributed by atoms with Crippen LogP contribution in [0.25, 0.3) is 22.3 Å². The molecule has 0 saturated carbocycles. The Kier molecular flexibility index (Phi) is 6.01. The number of rotatable bonds is 6. The molecule has 1 aromatic carbocycles. The number of carbonyl (C=O) groups excluding carboxylic acids is 2. The van der Waals surface area contributed by atoms with Crippen LogP contribution in [-0.4, -0.2) is 56.4 Å². The van der Waals surface area contributed by atoms with Gasteiger partial charge < -0.3 is 20.9 Å². The molecule has 14 heteroatoms. The van der Waals surface area contributed by atoms with Gasteiger partial charge in [-0.3, -0.25) is 14.7 Å². The van der Waals surface area contributed by atoms with Crippen molar-refractivity contribution in [3.05, 3.63) is 71.4 Å². The maximum atomic E-state index is 14.5. The number of amides is 2. The number of benzene rings is 1. The van der Waals surface area contributed by atoms with Crippen LogP contribution in [0, 0.1) is 5.82 Å². The van der Waals surface area contributed by atoms with Gasteiger partial charge in [-0.15, -0.1) is 0 Å². The molecule has 3 aromatic heterocycles. The first kappa shape index (κ1) is 26.0. The van der Waals surface area contributed by atoms with E-state index in [2.05, 4.69) is 25.5 Å². The van der Waals surface area contributed by atoms with E-state index in [0.717, 1.165) is 18.2 Å². The number of carbonyl (C=O) groups is 2. The number of alkyl halides is 3. The van der Waals surface area contributed by atoms with E-state index in [1.54, 1.807) is 0 Å². The second kappa shape index (κ2) is 9.01. The molecule has 2 atom stereocenters. The lowest BCUT2D eigenvalue weighted by atomic mass is 9.81. The average Bonchev–Trinajstić information content (AvgIpc) is 3.49. The molecule has 0 bridgehead atoms. The van der Waals surface area contributed by atoms with Crippen LogP contribution in [0.15, 0.2) is 48.7 Å². The number of primary amides is 1. The Labute approximate surface area is 217 Å². The number of nitrogens with zero attached hydrogens (tertiary/aromatic N) is 3. The van der Waals surface area contributed by atoms with Gasteiger partial charge in [0.2, 0.25) is 11.5 Å². The number of fused-ring (bicyclic) bond motifs is 2. The van der Waals surface area contributed by atoms with Crippen molar-refractivity contribution in [2.45, 2.75) is 24.1 Å². The Morgan fingerprint density at radius 1 is 1.23 bits per heavy atom. The SMILES string of the molecule is C[C@]1(C(N)=O)COc2c1cc(C(O)(CNC(=O)c1[nH]nc3ncccc13)C(F)(F)F)nc2-c1ccc(F)cc1. The van der Waals surface area contributed by atoms with Crippen molar-refractivity contribution in [3.8, 4) is 17.0 Å². The van der Waals surface area contributed by atoms with Crippen molar-refractivity contribution < 1.29 is 37.0 Å². The molecule has 2 amide bonds. The molecule has 4 heterocycles. The van der Waals surface area contributed by atoms with Crippen LogP contribution < -0.4 is 15.8 Å². The van der Waals surface area contributed by atoms with Gasteiger partial charge in [-0.1, -0.05) is 0 Å². The molecule has 1 aliphatic rings.